The van der Waals surface area contributed by atoms with E-state index in [1.165, 1.54) is 11.3 Å². The van der Waals surface area contributed by atoms with Gasteiger partial charge in [-0.25, -0.2) is 0 Å². The number of ketones is 2. The lowest BCUT2D eigenvalue weighted by atomic mass is 9.64. The Morgan fingerprint density at radius 1 is 1.00 bits per heavy atom. The molecule has 3 aliphatic rings. The Balaban J connectivity index is 1.50. The fourth-order valence-corrected chi connectivity index (χ4v) is 7.90. The molecular formula is C34H27ClN2O3S. The minimum absolute atomic E-state index is 0.170. The van der Waals surface area contributed by atoms with E-state index in [0.717, 1.165) is 35.2 Å². The van der Waals surface area contributed by atoms with E-state index in [2.05, 4.69) is 12.2 Å². The molecule has 7 heteroatoms. The van der Waals surface area contributed by atoms with Gasteiger partial charge in [0.25, 0.3) is 0 Å². The number of nitrogens with zero attached hydrogens (tertiary/aromatic N) is 1. The quantitative estimate of drug-likeness (QED) is 0.246. The van der Waals surface area contributed by atoms with E-state index in [0.29, 0.717) is 21.2 Å². The van der Waals surface area contributed by atoms with Crippen LogP contribution in [0.4, 0.5) is 11.4 Å². The van der Waals surface area contributed by atoms with Gasteiger partial charge in [-0.1, -0.05) is 85.6 Å². The standard InChI is InChI=1S/C34H27ClN2O3S/c1-2-6-20-10-12-21(13-11-20)31(38)29-30(32(39)27-9-5-18-41-27)37-26-16-15-23(35)19-22(26)14-17-28(37)34(29)24-7-3-4-8-25(24)36-33(34)40/h3-5,7-19,28-30H,2,6H2,1H3,(H,36,40)/t28-,29+,30+,34-/m1/s1. The van der Waals surface area contributed by atoms with Crippen LogP contribution in [0.15, 0.2) is 90.3 Å². The summed E-state index contributed by atoms with van der Waals surface area (Å²) >= 11 is 7.72. The van der Waals surface area contributed by atoms with Crippen molar-refractivity contribution >= 4 is 57.9 Å². The maximum absolute atomic E-state index is 14.8. The van der Waals surface area contributed by atoms with Crippen LogP contribution in [0.25, 0.3) is 6.08 Å². The topological polar surface area (TPSA) is 66.5 Å². The molecule has 0 bridgehead atoms. The smallest absolute Gasteiger partial charge is 0.238 e. The summed E-state index contributed by atoms with van der Waals surface area (Å²) in [6.07, 6.45) is 5.83. The first-order chi connectivity index (χ1) is 19.9. The van der Waals surface area contributed by atoms with E-state index in [1.54, 1.807) is 12.1 Å². The summed E-state index contributed by atoms with van der Waals surface area (Å²) in [5.41, 5.74) is 3.36. The lowest BCUT2D eigenvalue weighted by Gasteiger charge is -2.37. The highest BCUT2D eigenvalue weighted by molar-refractivity contribution is 7.12. The fourth-order valence-electron chi connectivity index (χ4n) is 7.02. The van der Waals surface area contributed by atoms with Crippen LogP contribution in [0, 0.1) is 5.92 Å². The summed E-state index contributed by atoms with van der Waals surface area (Å²) in [7, 11) is 0. The first-order valence-electron chi connectivity index (χ1n) is 13.8. The highest BCUT2D eigenvalue weighted by atomic mass is 35.5. The van der Waals surface area contributed by atoms with Crippen LogP contribution in [-0.2, 0) is 16.6 Å². The molecule has 1 fully saturated rings. The molecule has 41 heavy (non-hydrogen) atoms. The highest BCUT2D eigenvalue weighted by Crippen LogP contribution is 2.58. The Hall–Kier alpha value is -4.00. The van der Waals surface area contributed by atoms with E-state index in [-0.39, 0.29) is 17.5 Å². The van der Waals surface area contributed by atoms with Crippen molar-refractivity contribution in [2.75, 3.05) is 10.2 Å². The molecule has 1 spiro atoms. The molecule has 204 valence electrons. The number of rotatable bonds is 6. The van der Waals surface area contributed by atoms with Crippen molar-refractivity contribution in [1.29, 1.82) is 0 Å². The third-order valence-electron chi connectivity index (χ3n) is 8.69. The van der Waals surface area contributed by atoms with Crippen LogP contribution in [0.5, 0.6) is 0 Å². The normalized spacial score (nSPS) is 23.7. The van der Waals surface area contributed by atoms with Gasteiger partial charge in [0.05, 0.1) is 16.8 Å². The van der Waals surface area contributed by atoms with Crippen LogP contribution in [0.2, 0.25) is 5.02 Å². The van der Waals surface area contributed by atoms with E-state index in [4.69, 9.17) is 11.6 Å². The summed E-state index contributed by atoms with van der Waals surface area (Å²) in [5, 5.41) is 5.51. The van der Waals surface area contributed by atoms with Crippen molar-refractivity contribution in [3.05, 3.63) is 122 Å². The van der Waals surface area contributed by atoms with Gasteiger partial charge in [0.15, 0.2) is 11.6 Å². The maximum Gasteiger partial charge on any atom is 0.238 e. The molecule has 3 aliphatic heterocycles. The van der Waals surface area contributed by atoms with Crippen molar-refractivity contribution < 1.29 is 14.4 Å². The molecule has 0 aliphatic carbocycles. The Kier molecular flexibility index (Phi) is 6.21. The van der Waals surface area contributed by atoms with Crippen LogP contribution in [0.1, 0.15) is 50.1 Å². The number of carbonyl (C=O) groups excluding carboxylic acids is 3. The third kappa shape index (κ3) is 3.77. The molecule has 1 saturated heterocycles. The van der Waals surface area contributed by atoms with Crippen molar-refractivity contribution in [1.82, 2.24) is 0 Å². The number of para-hydroxylation sites is 1. The predicted molar refractivity (Wildman–Crippen MR) is 164 cm³/mol. The zero-order valence-corrected chi connectivity index (χ0v) is 23.9. The van der Waals surface area contributed by atoms with E-state index >= 15 is 0 Å². The molecule has 5 nitrogen and oxygen atoms in total. The largest absolute Gasteiger partial charge is 0.352 e. The lowest BCUT2D eigenvalue weighted by molar-refractivity contribution is -0.121. The highest BCUT2D eigenvalue weighted by Gasteiger charge is 2.70. The Morgan fingerprint density at radius 2 is 1.80 bits per heavy atom. The summed E-state index contributed by atoms with van der Waals surface area (Å²) in [6, 6.07) is 22.9. The number of thiophene rings is 1. The van der Waals surface area contributed by atoms with E-state index < -0.39 is 23.4 Å². The number of hydrogen-bond donors (Lipinski definition) is 1. The van der Waals surface area contributed by atoms with Crippen LogP contribution in [0.3, 0.4) is 0 Å². The van der Waals surface area contributed by atoms with Crippen molar-refractivity contribution in [2.45, 2.75) is 37.3 Å². The number of fused-ring (bicyclic) bond motifs is 6. The number of hydrogen-bond acceptors (Lipinski definition) is 5. The number of amides is 1. The summed E-state index contributed by atoms with van der Waals surface area (Å²) < 4.78 is 0. The number of nitrogens with one attached hydrogen (secondary N) is 1. The average Bonchev–Trinajstić information content (AvgIpc) is 3.70. The maximum atomic E-state index is 14.8. The molecule has 0 radical (unpaired) electrons. The molecule has 1 aromatic heterocycles. The molecule has 1 amide bonds. The molecular weight excluding hydrogens is 552 g/mol. The zero-order valence-electron chi connectivity index (χ0n) is 22.3. The average molecular weight is 579 g/mol. The van der Waals surface area contributed by atoms with Gasteiger partial charge in [-0.3, -0.25) is 14.4 Å². The van der Waals surface area contributed by atoms with Gasteiger partial charge in [-0.2, -0.15) is 0 Å². The van der Waals surface area contributed by atoms with Crippen LogP contribution >= 0.6 is 22.9 Å². The third-order valence-corrected chi connectivity index (χ3v) is 9.81. The van der Waals surface area contributed by atoms with Crippen LogP contribution in [-0.4, -0.2) is 29.6 Å². The monoisotopic (exact) mass is 578 g/mol. The SMILES string of the molecule is CCCc1ccc(C(=O)[C@@H]2[C@@H](C(=O)c3cccs3)N3c4ccc(Cl)cc4C=C[C@@H]3[C@@]23C(=O)Nc2ccccc23)cc1. The van der Waals surface area contributed by atoms with Gasteiger partial charge in [0.1, 0.15) is 11.5 Å². The minimum Gasteiger partial charge on any atom is -0.352 e. The fraction of sp³-hybridized carbons (Fsp3) is 0.206. The van der Waals surface area contributed by atoms with Crippen molar-refractivity contribution in [3.63, 3.8) is 0 Å². The van der Waals surface area contributed by atoms with E-state index in [1.807, 2.05) is 89.2 Å². The first-order valence-corrected chi connectivity index (χ1v) is 15.1. The molecule has 4 aromatic rings. The predicted octanol–water partition coefficient (Wildman–Crippen LogP) is 7.21. The second kappa shape index (κ2) is 9.82. The number of carbonyl (C=O) groups is 3. The van der Waals surface area contributed by atoms with Gasteiger partial charge in [-0.05, 0) is 58.8 Å². The van der Waals surface area contributed by atoms with E-state index in [9.17, 15) is 14.4 Å². The number of benzene rings is 3. The molecule has 1 N–H and O–H groups in total. The second-order valence-electron chi connectivity index (χ2n) is 10.9. The summed E-state index contributed by atoms with van der Waals surface area (Å²) in [5.74, 6) is -1.63. The molecule has 0 unspecified atom stereocenters. The van der Waals surface area contributed by atoms with Gasteiger partial charge >= 0.3 is 0 Å². The number of aryl methyl sites for hydroxylation is 1. The van der Waals surface area contributed by atoms with Gasteiger partial charge < -0.3 is 10.2 Å². The van der Waals surface area contributed by atoms with Gasteiger partial charge in [0, 0.05) is 22.0 Å². The molecule has 3 aromatic carbocycles. The Labute approximate surface area is 247 Å². The number of Topliss-reactive ketones (excluding diaryl/α,β-unsaturated/α-hetero) is 2. The summed E-state index contributed by atoms with van der Waals surface area (Å²) in [4.78, 5) is 46.3. The van der Waals surface area contributed by atoms with Gasteiger partial charge in [0.2, 0.25) is 5.91 Å². The number of anilines is 2. The molecule has 4 heterocycles. The van der Waals surface area contributed by atoms with Crippen molar-refractivity contribution in [2.24, 2.45) is 5.92 Å². The molecule has 0 saturated carbocycles. The molecule has 7 rings (SSSR count). The Morgan fingerprint density at radius 3 is 2.56 bits per heavy atom. The Bertz CT molecular complexity index is 1730. The van der Waals surface area contributed by atoms with Crippen molar-refractivity contribution in [3.8, 4) is 0 Å². The van der Waals surface area contributed by atoms with Gasteiger partial charge in [-0.15, -0.1) is 11.3 Å². The van der Waals surface area contributed by atoms with Crippen LogP contribution < -0.4 is 10.2 Å². The summed E-state index contributed by atoms with van der Waals surface area (Å²) in [6.45, 7) is 2.12. The lowest BCUT2D eigenvalue weighted by Crippen LogP contribution is -2.51. The molecule has 4 atom stereocenters. The minimum atomic E-state index is -1.32. The zero-order chi connectivity index (χ0) is 28.3. The second-order valence-corrected chi connectivity index (χ2v) is 12.2. The first kappa shape index (κ1) is 25.9. The number of halogens is 1.